The third-order valence-electron chi connectivity index (χ3n) is 3.56. The van der Waals surface area contributed by atoms with E-state index in [1.54, 1.807) is 6.07 Å². The maximum atomic E-state index is 13.7. The molecule has 0 bridgehead atoms. The Morgan fingerprint density at radius 2 is 2.33 bits per heavy atom. The number of halogens is 1. The molecule has 3 rings (SSSR count). The summed E-state index contributed by atoms with van der Waals surface area (Å²) in [5.41, 5.74) is 3.33. The van der Waals surface area contributed by atoms with E-state index in [9.17, 15) is 4.39 Å². The summed E-state index contributed by atoms with van der Waals surface area (Å²) in [6, 6.07) is 6.72. The van der Waals surface area contributed by atoms with E-state index < -0.39 is 5.82 Å². The van der Waals surface area contributed by atoms with E-state index in [1.807, 2.05) is 18.3 Å². The van der Waals surface area contributed by atoms with E-state index in [1.165, 1.54) is 6.07 Å². The van der Waals surface area contributed by atoms with Gasteiger partial charge in [0.15, 0.2) is 0 Å². The molecule has 3 nitrogen and oxygen atoms in total. The third-order valence-corrected chi connectivity index (χ3v) is 3.56. The molecular weight excluding hydrogens is 229 g/mol. The number of benzene rings is 1. The first-order valence-corrected chi connectivity index (χ1v) is 6.01. The second-order valence-corrected chi connectivity index (χ2v) is 4.60. The van der Waals surface area contributed by atoms with Gasteiger partial charge in [-0.1, -0.05) is 6.07 Å². The van der Waals surface area contributed by atoms with Gasteiger partial charge in [-0.05, 0) is 37.0 Å². The Balaban J connectivity index is 2.03. The van der Waals surface area contributed by atoms with Crippen LogP contribution in [0.2, 0.25) is 0 Å². The fraction of sp³-hybridized carbons (Fsp3) is 0.286. The average molecular weight is 241 g/mol. The lowest BCUT2D eigenvalue weighted by molar-refractivity contribution is 0.593. The summed E-state index contributed by atoms with van der Waals surface area (Å²) in [5.74, 6) is -0.250. The van der Waals surface area contributed by atoms with Crippen LogP contribution in [0.15, 0.2) is 24.4 Å². The van der Waals surface area contributed by atoms with E-state index in [-0.39, 0.29) is 11.5 Å². The van der Waals surface area contributed by atoms with Crippen molar-refractivity contribution in [2.75, 3.05) is 0 Å². The molecule has 0 saturated carbocycles. The molecule has 1 aromatic heterocycles. The summed E-state index contributed by atoms with van der Waals surface area (Å²) in [6.07, 6.45) is 4.90. The van der Waals surface area contributed by atoms with Crippen LogP contribution in [0.4, 0.5) is 4.39 Å². The standard InChI is InChI=1S/C14H12FN3/c15-13-6-9(4-5-10(13)7-16)11-2-1-3-14-12(11)8-17-18-14/h4-6,8,11H,1-3H2,(H,17,18). The molecule has 0 saturated heterocycles. The molecule has 0 aliphatic heterocycles. The number of aromatic amines is 1. The molecular formula is C14H12FN3. The van der Waals surface area contributed by atoms with Crippen molar-refractivity contribution in [2.45, 2.75) is 25.2 Å². The van der Waals surface area contributed by atoms with Crippen molar-refractivity contribution >= 4 is 0 Å². The van der Waals surface area contributed by atoms with Crippen molar-refractivity contribution in [2.24, 2.45) is 0 Å². The average Bonchev–Trinajstić information content (AvgIpc) is 2.86. The smallest absolute Gasteiger partial charge is 0.141 e. The highest BCUT2D eigenvalue weighted by Crippen LogP contribution is 2.35. The van der Waals surface area contributed by atoms with Crippen molar-refractivity contribution in [1.29, 1.82) is 5.26 Å². The number of H-pyrrole nitrogens is 1. The highest BCUT2D eigenvalue weighted by Gasteiger charge is 2.23. The molecule has 1 heterocycles. The monoisotopic (exact) mass is 241 g/mol. The molecule has 1 aromatic carbocycles. The van der Waals surface area contributed by atoms with Crippen molar-refractivity contribution in [3.05, 3.63) is 52.6 Å². The summed E-state index contributed by atoms with van der Waals surface area (Å²) >= 11 is 0. The van der Waals surface area contributed by atoms with Gasteiger partial charge in [0.25, 0.3) is 0 Å². The number of hydrogen-bond donors (Lipinski definition) is 1. The number of rotatable bonds is 1. The first kappa shape index (κ1) is 11.0. The van der Waals surface area contributed by atoms with Gasteiger partial charge in [-0.2, -0.15) is 10.4 Å². The van der Waals surface area contributed by atoms with Crippen molar-refractivity contribution in [3.8, 4) is 6.07 Å². The molecule has 0 fully saturated rings. The zero-order valence-electron chi connectivity index (χ0n) is 9.78. The van der Waals surface area contributed by atoms with Crippen LogP contribution in [-0.4, -0.2) is 10.2 Å². The predicted molar refractivity (Wildman–Crippen MR) is 64.5 cm³/mol. The van der Waals surface area contributed by atoms with Gasteiger partial charge in [-0.25, -0.2) is 4.39 Å². The lowest BCUT2D eigenvalue weighted by atomic mass is 9.82. The number of nitrogens with one attached hydrogen (secondary N) is 1. The van der Waals surface area contributed by atoms with Crippen LogP contribution in [-0.2, 0) is 6.42 Å². The van der Waals surface area contributed by atoms with Crippen molar-refractivity contribution < 1.29 is 4.39 Å². The molecule has 1 N–H and O–H groups in total. The molecule has 1 atom stereocenters. The Morgan fingerprint density at radius 3 is 3.11 bits per heavy atom. The molecule has 18 heavy (non-hydrogen) atoms. The Labute approximate surface area is 104 Å². The SMILES string of the molecule is N#Cc1ccc(C2CCCc3[nH]ncc32)cc1F. The Morgan fingerprint density at radius 1 is 1.44 bits per heavy atom. The topological polar surface area (TPSA) is 52.5 Å². The minimum atomic E-state index is -0.439. The Bertz CT molecular complexity index is 624. The van der Waals surface area contributed by atoms with E-state index in [0.717, 1.165) is 36.1 Å². The second-order valence-electron chi connectivity index (χ2n) is 4.60. The van der Waals surface area contributed by atoms with Crippen LogP contribution in [0.5, 0.6) is 0 Å². The van der Waals surface area contributed by atoms with E-state index in [4.69, 9.17) is 5.26 Å². The number of aromatic nitrogens is 2. The number of nitrogens with zero attached hydrogens (tertiary/aromatic N) is 2. The number of aryl methyl sites for hydroxylation is 1. The molecule has 0 amide bonds. The third kappa shape index (κ3) is 1.68. The molecule has 1 unspecified atom stereocenters. The van der Waals surface area contributed by atoms with Crippen molar-refractivity contribution in [1.82, 2.24) is 10.2 Å². The van der Waals surface area contributed by atoms with Crippen LogP contribution in [0.1, 0.15) is 41.1 Å². The van der Waals surface area contributed by atoms with Crippen LogP contribution in [0.3, 0.4) is 0 Å². The van der Waals surface area contributed by atoms with Crippen LogP contribution in [0, 0.1) is 17.1 Å². The first-order chi connectivity index (χ1) is 8.79. The van der Waals surface area contributed by atoms with E-state index in [2.05, 4.69) is 10.2 Å². The fourth-order valence-corrected chi connectivity index (χ4v) is 2.65. The van der Waals surface area contributed by atoms with Gasteiger partial charge in [0, 0.05) is 17.2 Å². The highest BCUT2D eigenvalue weighted by atomic mass is 19.1. The second kappa shape index (κ2) is 4.26. The van der Waals surface area contributed by atoms with Gasteiger partial charge in [0.2, 0.25) is 0 Å². The summed E-state index contributed by atoms with van der Waals surface area (Å²) in [7, 11) is 0. The minimum absolute atomic E-state index is 0.0991. The molecule has 4 heteroatoms. The molecule has 1 aliphatic carbocycles. The largest absolute Gasteiger partial charge is 0.282 e. The molecule has 90 valence electrons. The Kier molecular flexibility index (Phi) is 2.60. The van der Waals surface area contributed by atoms with E-state index in [0.29, 0.717) is 0 Å². The van der Waals surface area contributed by atoms with Gasteiger partial charge < -0.3 is 0 Å². The Hall–Kier alpha value is -2.15. The van der Waals surface area contributed by atoms with Crippen LogP contribution in [0.25, 0.3) is 0 Å². The summed E-state index contributed by atoms with van der Waals surface area (Å²) < 4.78 is 13.7. The highest BCUT2D eigenvalue weighted by molar-refractivity contribution is 5.40. The van der Waals surface area contributed by atoms with Crippen LogP contribution < -0.4 is 0 Å². The predicted octanol–water partition coefficient (Wildman–Crippen LogP) is 2.89. The maximum Gasteiger partial charge on any atom is 0.141 e. The summed E-state index contributed by atoms with van der Waals surface area (Å²) in [6.45, 7) is 0. The molecule has 0 radical (unpaired) electrons. The minimum Gasteiger partial charge on any atom is -0.282 e. The van der Waals surface area contributed by atoms with Gasteiger partial charge in [-0.3, -0.25) is 5.10 Å². The zero-order valence-corrected chi connectivity index (χ0v) is 9.78. The van der Waals surface area contributed by atoms with Crippen molar-refractivity contribution in [3.63, 3.8) is 0 Å². The van der Waals surface area contributed by atoms with Gasteiger partial charge in [0.05, 0.1) is 11.8 Å². The van der Waals surface area contributed by atoms with Crippen LogP contribution >= 0.6 is 0 Å². The normalized spacial score (nSPS) is 18.1. The van der Waals surface area contributed by atoms with Gasteiger partial charge in [-0.15, -0.1) is 0 Å². The summed E-state index contributed by atoms with van der Waals surface area (Å²) in [4.78, 5) is 0. The molecule has 2 aromatic rings. The molecule has 1 aliphatic rings. The number of nitriles is 1. The first-order valence-electron chi connectivity index (χ1n) is 6.01. The lowest BCUT2D eigenvalue weighted by Crippen LogP contribution is -2.10. The fourth-order valence-electron chi connectivity index (χ4n) is 2.65. The quantitative estimate of drug-likeness (QED) is 0.834. The maximum absolute atomic E-state index is 13.7. The number of hydrogen-bond acceptors (Lipinski definition) is 2. The summed E-state index contributed by atoms with van der Waals surface area (Å²) in [5, 5.41) is 15.8. The lowest BCUT2D eigenvalue weighted by Gasteiger charge is -2.22. The number of fused-ring (bicyclic) bond motifs is 1. The van der Waals surface area contributed by atoms with Gasteiger partial charge >= 0.3 is 0 Å². The van der Waals surface area contributed by atoms with Gasteiger partial charge in [0.1, 0.15) is 11.9 Å². The zero-order chi connectivity index (χ0) is 12.5. The van der Waals surface area contributed by atoms with E-state index >= 15 is 0 Å². The molecule has 0 spiro atoms.